The second kappa shape index (κ2) is 5.09. The van der Waals surface area contributed by atoms with E-state index in [0.29, 0.717) is 6.04 Å². The van der Waals surface area contributed by atoms with Gasteiger partial charge in [-0.3, -0.25) is 0 Å². The van der Waals surface area contributed by atoms with Crippen molar-refractivity contribution in [3.63, 3.8) is 0 Å². The zero-order chi connectivity index (χ0) is 12.4. The van der Waals surface area contributed by atoms with Crippen LogP contribution in [0, 0.1) is 5.92 Å². The van der Waals surface area contributed by atoms with Gasteiger partial charge in [0, 0.05) is 12.6 Å². The molecule has 18 heavy (non-hydrogen) atoms. The summed E-state index contributed by atoms with van der Waals surface area (Å²) in [6.07, 6.45) is 2.37. The van der Waals surface area contributed by atoms with Crippen LogP contribution < -0.4 is 11.1 Å². The molecule has 1 aliphatic carbocycles. The van der Waals surface area contributed by atoms with Crippen LogP contribution in [0.5, 0.6) is 0 Å². The highest BCUT2D eigenvalue weighted by atomic mass is 14.9. The highest BCUT2D eigenvalue weighted by Crippen LogP contribution is 2.24. The molecule has 0 spiro atoms. The van der Waals surface area contributed by atoms with Gasteiger partial charge >= 0.3 is 0 Å². The van der Waals surface area contributed by atoms with Crippen LogP contribution in [-0.2, 0) is 6.54 Å². The van der Waals surface area contributed by atoms with E-state index < -0.39 is 0 Å². The van der Waals surface area contributed by atoms with Crippen LogP contribution in [0.25, 0.3) is 10.8 Å². The summed E-state index contributed by atoms with van der Waals surface area (Å²) in [6, 6.07) is 15.6. The quantitative estimate of drug-likeness (QED) is 0.862. The molecule has 3 rings (SSSR count). The van der Waals surface area contributed by atoms with Crippen LogP contribution in [-0.4, -0.2) is 12.6 Å². The average molecular weight is 240 g/mol. The van der Waals surface area contributed by atoms with Crippen molar-refractivity contribution in [3.05, 3.63) is 48.0 Å². The Morgan fingerprint density at radius 1 is 1.06 bits per heavy atom. The van der Waals surface area contributed by atoms with Crippen molar-refractivity contribution in [2.75, 3.05) is 6.54 Å². The Hall–Kier alpha value is -1.38. The summed E-state index contributed by atoms with van der Waals surface area (Å²) in [7, 11) is 0. The van der Waals surface area contributed by atoms with Gasteiger partial charge in [-0.2, -0.15) is 0 Å². The Bertz CT molecular complexity index is 529. The summed E-state index contributed by atoms with van der Waals surface area (Å²) >= 11 is 0. The van der Waals surface area contributed by atoms with Crippen LogP contribution in [0.3, 0.4) is 0 Å². The van der Waals surface area contributed by atoms with Crippen molar-refractivity contribution in [1.82, 2.24) is 5.32 Å². The second-order valence-corrected chi connectivity index (χ2v) is 5.41. The summed E-state index contributed by atoms with van der Waals surface area (Å²) in [4.78, 5) is 0. The zero-order valence-electron chi connectivity index (χ0n) is 10.6. The molecule has 94 valence electrons. The number of nitrogens with two attached hydrogens (primary N) is 1. The van der Waals surface area contributed by atoms with Crippen LogP contribution in [0.1, 0.15) is 18.4 Å². The fourth-order valence-corrected chi connectivity index (χ4v) is 2.72. The smallest absolute Gasteiger partial charge is 0.0205 e. The third-order valence-corrected chi connectivity index (χ3v) is 3.85. The molecule has 2 heteroatoms. The van der Waals surface area contributed by atoms with Gasteiger partial charge in [0.15, 0.2) is 0 Å². The lowest BCUT2D eigenvalue weighted by molar-refractivity contribution is 0.256. The van der Waals surface area contributed by atoms with Gasteiger partial charge in [-0.05, 0) is 47.7 Å². The molecule has 3 N–H and O–H groups in total. The van der Waals surface area contributed by atoms with Crippen molar-refractivity contribution >= 4 is 10.8 Å². The molecule has 0 saturated heterocycles. The van der Waals surface area contributed by atoms with E-state index in [1.54, 1.807) is 0 Å². The minimum Gasteiger partial charge on any atom is -0.328 e. The van der Waals surface area contributed by atoms with Crippen molar-refractivity contribution in [3.8, 4) is 0 Å². The number of hydrogen-bond acceptors (Lipinski definition) is 2. The lowest BCUT2D eigenvalue weighted by Gasteiger charge is -2.32. The molecule has 2 aromatic rings. The number of nitrogens with one attached hydrogen (secondary N) is 1. The number of benzene rings is 2. The Morgan fingerprint density at radius 2 is 1.83 bits per heavy atom. The van der Waals surface area contributed by atoms with Gasteiger partial charge in [0.05, 0.1) is 0 Å². The first-order valence-corrected chi connectivity index (χ1v) is 6.75. The van der Waals surface area contributed by atoms with Crippen LogP contribution in [0.15, 0.2) is 42.5 Å². The molecule has 2 aromatic carbocycles. The lowest BCUT2D eigenvalue weighted by Crippen LogP contribution is -2.41. The molecule has 0 radical (unpaired) electrons. The van der Waals surface area contributed by atoms with Crippen molar-refractivity contribution in [1.29, 1.82) is 0 Å². The predicted molar refractivity (Wildman–Crippen MR) is 76.4 cm³/mol. The molecule has 1 saturated carbocycles. The summed E-state index contributed by atoms with van der Waals surface area (Å²) in [5.74, 6) is 0.792. The average Bonchev–Trinajstić information content (AvgIpc) is 2.36. The molecule has 0 atom stereocenters. The summed E-state index contributed by atoms with van der Waals surface area (Å²) in [6.45, 7) is 2.05. The van der Waals surface area contributed by atoms with Gasteiger partial charge < -0.3 is 11.1 Å². The van der Waals surface area contributed by atoms with E-state index in [-0.39, 0.29) is 0 Å². The van der Waals surface area contributed by atoms with Crippen molar-refractivity contribution in [2.24, 2.45) is 11.7 Å². The zero-order valence-corrected chi connectivity index (χ0v) is 10.6. The maximum atomic E-state index is 5.79. The van der Waals surface area contributed by atoms with Gasteiger partial charge in [-0.1, -0.05) is 36.4 Å². The largest absolute Gasteiger partial charge is 0.328 e. The van der Waals surface area contributed by atoms with E-state index in [2.05, 4.69) is 47.8 Å². The number of rotatable bonds is 4. The summed E-state index contributed by atoms with van der Waals surface area (Å²) in [5, 5.41) is 6.17. The molecule has 0 amide bonds. The van der Waals surface area contributed by atoms with Gasteiger partial charge in [0.25, 0.3) is 0 Å². The minimum absolute atomic E-state index is 0.456. The number of hydrogen-bond donors (Lipinski definition) is 2. The summed E-state index contributed by atoms with van der Waals surface area (Å²) in [5.41, 5.74) is 7.14. The molecular formula is C16H20N2. The fourth-order valence-electron chi connectivity index (χ4n) is 2.72. The summed E-state index contributed by atoms with van der Waals surface area (Å²) < 4.78 is 0. The fraction of sp³-hybridized carbons (Fsp3) is 0.375. The van der Waals surface area contributed by atoms with Gasteiger partial charge in [0.1, 0.15) is 0 Å². The van der Waals surface area contributed by atoms with Crippen molar-refractivity contribution < 1.29 is 0 Å². The molecule has 0 aromatic heterocycles. The van der Waals surface area contributed by atoms with E-state index in [1.807, 2.05) is 0 Å². The minimum atomic E-state index is 0.456. The first-order chi connectivity index (χ1) is 8.81. The van der Waals surface area contributed by atoms with Crippen molar-refractivity contribution in [2.45, 2.75) is 25.4 Å². The SMILES string of the molecule is NC1CC(CNCc2ccc3ccccc3c2)C1. The Labute approximate surface area is 108 Å². The van der Waals surface area contributed by atoms with Gasteiger partial charge in [0.2, 0.25) is 0 Å². The Balaban J connectivity index is 1.57. The van der Waals surface area contributed by atoms with Gasteiger partial charge in [-0.15, -0.1) is 0 Å². The maximum Gasteiger partial charge on any atom is 0.0205 e. The van der Waals surface area contributed by atoms with E-state index >= 15 is 0 Å². The van der Waals surface area contributed by atoms with Crippen LogP contribution in [0.4, 0.5) is 0 Å². The maximum absolute atomic E-state index is 5.79. The number of fused-ring (bicyclic) bond motifs is 1. The monoisotopic (exact) mass is 240 g/mol. The molecule has 0 bridgehead atoms. The molecule has 1 fully saturated rings. The Morgan fingerprint density at radius 3 is 2.61 bits per heavy atom. The normalized spacial score (nSPS) is 22.9. The molecule has 1 aliphatic rings. The molecular weight excluding hydrogens is 220 g/mol. The molecule has 0 aliphatic heterocycles. The van der Waals surface area contributed by atoms with E-state index in [1.165, 1.54) is 29.2 Å². The highest BCUT2D eigenvalue weighted by Gasteiger charge is 2.24. The van der Waals surface area contributed by atoms with Crippen LogP contribution in [0.2, 0.25) is 0 Å². The third-order valence-electron chi connectivity index (χ3n) is 3.85. The first-order valence-electron chi connectivity index (χ1n) is 6.75. The second-order valence-electron chi connectivity index (χ2n) is 5.41. The predicted octanol–water partition coefficient (Wildman–Crippen LogP) is 2.67. The van der Waals surface area contributed by atoms with E-state index in [4.69, 9.17) is 5.73 Å². The lowest BCUT2D eigenvalue weighted by atomic mass is 9.81. The van der Waals surface area contributed by atoms with E-state index in [9.17, 15) is 0 Å². The third kappa shape index (κ3) is 2.55. The highest BCUT2D eigenvalue weighted by molar-refractivity contribution is 5.82. The molecule has 0 unspecified atom stereocenters. The first kappa shape index (κ1) is 11.7. The topological polar surface area (TPSA) is 38.0 Å². The Kier molecular flexibility index (Phi) is 3.31. The standard InChI is InChI=1S/C16H20N2/c17-16-8-13(9-16)11-18-10-12-5-6-14-3-1-2-4-15(14)7-12/h1-7,13,16,18H,8-11,17H2. The van der Waals surface area contributed by atoms with Crippen LogP contribution >= 0.6 is 0 Å². The molecule has 2 nitrogen and oxygen atoms in total. The molecule has 0 heterocycles. The van der Waals surface area contributed by atoms with E-state index in [0.717, 1.165) is 19.0 Å². The van der Waals surface area contributed by atoms with Gasteiger partial charge in [-0.25, -0.2) is 0 Å².